The van der Waals surface area contributed by atoms with Crippen LogP contribution in [0.1, 0.15) is 36.7 Å². The van der Waals surface area contributed by atoms with Crippen molar-refractivity contribution in [3.05, 3.63) is 59.4 Å². The maximum absolute atomic E-state index is 12.6. The molecule has 1 aliphatic heterocycles. The number of hydrogen-bond donors (Lipinski definition) is 1. The Bertz CT molecular complexity index is 703. The van der Waals surface area contributed by atoms with Crippen molar-refractivity contribution in [3.8, 4) is 5.75 Å². The third kappa shape index (κ3) is 3.67. The molecule has 0 bridgehead atoms. The highest BCUT2D eigenvalue weighted by Crippen LogP contribution is 2.24. The number of carbonyl (C=O) groups is 1. The Labute approximate surface area is 142 Å². The highest BCUT2D eigenvalue weighted by atomic mass is 16.5. The van der Waals surface area contributed by atoms with E-state index in [2.05, 4.69) is 16.4 Å². The first-order valence-corrected chi connectivity index (χ1v) is 8.38. The molecular formula is C19H23N3O2. The number of amides is 2. The summed E-state index contributed by atoms with van der Waals surface area (Å²) in [5, 5.41) is 3.03. The molecule has 0 spiro atoms. The minimum absolute atomic E-state index is 0.0550. The van der Waals surface area contributed by atoms with Crippen LogP contribution >= 0.6 is 0 Å². The van der Waals surface area contributed by atoms with Gasteiger partial charge in [0.05, 0.1) is 18.3 Å². The van der Waals surface area contributed by atoms with Crippen LogP contribution in [0.3, 0.4) is 0 Å². The molecule has 2 aromatic rings. The van der Waals surface area contributed by atoms with Crippen LogP contribution in [0.25, 0.3) is 0 Å². The monoisotopic (exact) mass is 325 g/mol. The quantitative estimate of drug-likeness (QED) is 0.938. The van der Waals surface area contributed by atoms with Gasteiger partial charge in [0.25, 0.3) is 0 Å². The third-order valence-electron chi connectivity index (χ3n) is 4.26. The molecule has 1 aromatic heterocycles. The Hall–Kier alpha value is -2.56. The lowest BCUT2D eigenvalue weighted by molar-refractivity contribution is 0.188. The summed E-state index contributed by atoms with van der Waals surface area (Å²) in [6.07, 6.45) is 2.61. The SMILES string of the molecule is CCOc1ccc2c(c1)CN(C(=O)N[C@H](C)c1ccccn1)CC2. The summed E-state index contributed by atoms with van der Waals surface area (Å²) in [4.78, 5) is 18.7. The van der Waals surface area contributed by atoms with Crippen molar-refractivity contribution in [3.63, 3.8) is 0 Å². The minimum Gasteiger partial charge on any atom is -0.494 e. The molecular weight excluding hydrogens is 302 g/mol. The van der Waals surface area contributed by atoms with E-state index in [1.54, 1.807) is 6.20 Å². The molecule has 1 aromatic carbocycles. The van der Waals surface area contributed by atoms with Crippen LogP contribution in [-0.4, -0.2) is 29.1 Å². The van der Waals surface area contributed by atoms with Gasteiger partial charge in [0.15, 0.2) is 0 Å². The van der Waals surface area contributed by atoms with Crippen LogP contribution in [-0.2, 0) is 13.0 Å². The lowest BCUT2D eigenvalue weighted by Crippen LogP contribution is -2.43. The first-order valence-electron chi connectivity index (χ1n) is 8.38. The van der Waals surface area contributed by atoms with Crippen LogP contribution in [0, 0.1) is 0 Å². The first-order chi connectivity index (χ1) is 11.7. The van der Waals surface area contributed by atoms with Crippen LogP contribution in [0.4, 0.5) is 4.79 Å². The number of nitrogens with zero attached hydrogens (tertiary/aromatic N) is 2. The summed E-state index contributed by atoms with van der Waals surface area (Å²) < 4.78 is 5.56. The Morgan fingerprint density at radius 1 is 1.33 bits per heavy atom. The molecule has 2 heterocycles. The lowest BCUT2D eigenvalue weighted by Gasteiger charge is -2.30. The molecule has 5 heteroatoms. The van der Waals surface area contributed by atoms with E-state index in [-0.39, 0.29) is 12.1 Å². The van der Waals surface area contributed by atoms with Gasteiger partial charge in [-0.1, -0.05) is 12.1 Å². The summed E-state index contributed by atoms with van der Waals surface area (Å²) in [7, 11) is 0. The van der Waals surface area contributed by atoms with Gasteiger partial charge in [-0.15, -0.1) is 0 Å². The second-order valence-corrected chi connectivity index (χ2v) is 5.96. The van der Waals surface area contributed by atoms with E-state index in [9.17, 15) is 4.79 Å². The summed E-state index contributed by atoms with van der Waals surface area (Å²) in [5.74, 6) is 0.861. The Morgan fingerprint density at radius 2 is 2.21 bits per heavy atom. The number of pyridine rings is 1. The van der Waals surface area contributed by atoms with Gasteiger partial charge in [-0.2, -0.15) is 0 Å². The first kappa shape index (κ1) is 16.3. The number of ether oxygens (including phenoxy) is 1. The Morgan fingerprint density at radius 3 is 2.96 bits per heavy atom. The zero-order chi connectivity index (χ0) is 16.9. The van der Waals surface area contributed by atoms with E-state index in [4.69, 9.17) is 4.74 Å². The summed E-state index contributed by atoms with van der Waals surface area (Å²) in [6.45, 7) is 5.90. The molecule has 2 amide bonds. The highest BCUT2D eigenvalue weighted by molar-refractivity contribution is 5.75. The molecule has 0 aliphatic carbocycles. The maximum atomic E-state index is 12.6. The van der Waals surface area contributed by atoms with Gasteiger partial charge in [0.2, 0.25) is 0 Å². The smallest absolute Gasteiger partial charge is 0.318 e. The molecule has 1 atom stereocenters. The molecule has 1 N–H and O–H groups in total. The minimum atomic E-state index is -0.116. The predicted octanol–water partition coefficient (Wildman–Crippen LogP) is 3.31. The van der Waals surface area contributed by atoms with Crippen molar-refractivity contribution in [1.82, 2.24) is 15.2 Å². The van der Waals surface area contributed by atoms with Crippen LogP contribution < -0.4 is 10.1 Å². The van der Waals surface area contributed by atoms with Gasteiger partial charge in [-0.05, 0) is 55.7 Å². The molecule has 3 rings (SSSR count). The molecule has 5 nitrogen and oxygen atoms in total. The fourth-order valence-corrected chi connectivity index (χ4v) is 2.95. The number of benzene rings is 1. The summed E-state index contributed by atoms with van der Waals surface area (Å²) in [6, 6.07) is 11.7. The van der Waals surface area contributed by atoms with E-state index in [1.807, 2.05) is 49.1 Å². The van der Waals surface area contributed by atoms with E-state index in [0.29, 0.717) is 13.2 Å². The average Bonchev–Trinajstić information content (AvgIpc) is 2.62. The summed E-state index contributed by atoms with van der Waals surface area (Å²) in [5.41, 5.74) is 3.31. The third-order valence-corrected chi connectivity index (χ3v) is 4.26. The molecule has 0 saturated heterocycles. The van der Waals surface area contributed by atoms with Crippen molar-refractivity contribution < 1.29 is 9.53 Å². The summed E-state index contributed by atoms with van der Waals surface area (Å²) >= 11 is 0. The Balaban J connectivity index is 1.66. The van der Waals surface area contributed by atoms with Crippen LogP contribution in [0.5, 0.6) is 5.75 Å². The number of rotatable bonds is 4. The fourth-order valence-electron chi connectivity index (χ4n) is 2.95. The van der Waals surface area contributed by atoms with Crippen molar-refractivity contribution >= 4 is 6.03 Å². The molecule has 0 unspecified atom stereocenters. The van der Waals surface area contributed by atoms with Crippen molar-refractivity contribution in [2.45, 2.75) is 32.9 Å². The van der Waals surface area contributed by atoms with E-state index < -0.39 is 0 Å². The van der Waals surface area contributed by atoms with Gasteiger partial charge in [0.1, 0.15) is 5.75 Å². The predicted molar refractivity (Wildman–Crippen MR) is 92.9 cm³/mol. The second kappa shape index (κ2) is 7.34. The number of urea groups is 1. The van der Waals surface area contributed by atoms with Crippen LogP contribution in [0.2, 0.25) is 0 Å². The largest absolute Gasteiger partial charge is 0.494 e. The van der Waals surface area contributed by atoms with E-state index in [0.717, 1.165) is 30.0 Å². The van der Waals surface area contributed by atoms with Gasteiger partial charge in [-0.3, -0.25) is 4.98 Å². The zero-order valence-electron chi connectivity index (χ0n) is 14.2. The van der Waals surface area contributed by atoms with E-state index >= 15 is 0 Å². The van der Waals surface area contributed by atoms with Gasteiger partial charge >= 0.3 is 6.03 Å². The Kier molecular flexibility index (Phi) is 4.99. The van der Waals surface area contributed by atoms with Crippen molar-refractivity contribution in [2.24, 2.45) is 0 Å². The van der Waals surface area contributed by atoms with Crippen molar-refractivity contribution in [1.29, 1.82) is 0 Å². The number of nitrogens with one attached hydrogen (secondary N) is 1. The number of hydrogen-bond acceptors (Lipinski definition) is 3. The fraction of sp³-hybridized carbons (Fsp3) is 0.368. The topological polar surface area (TPSA) is 54.5 Å². The molecule has 0 radical (unpaired) electrons. The van der Waals surface area contributed by atoms with Gasteiger partial charge in [-0.25, -0.2) is 4.79 Å². The molecule has 126 valence electrons. The molecule has 24 heavy (non-hydrogen) atoms. The molecule has 0 saturated carbocycles. The average molecular weight is 325 g/mol. The van der Waals surface area contributed by atoms with Crippen molar-refractivity contribution in [2.75, 3.05) is 13.2 Å². The zero-order valence-corrected chi connectivity index (χ0v) is 14.2. The molecule has 1 aliphatic rings. The second-order valence-electron chi connectivity index (χ2n) is 5.96. The van der Waals surface area contributed by atoms with E-state index in [1.165, 1.54) is 5.56 Å². The normalized spacial score (nSPS) is 14.7. The molecule has 0 fully saturated rings. The van der Waals surface area contributed by atoms with Crippen LogP contribution in [0.15, 0.2) is 42.6 Å². The van der Waals surface area contributed by atoms with Gasteiger partial charge in [0, 0.05) is 19.3 Å². The van der Waals surface area contributed by atoms with Gasteiger partial charge < -0.3 is 15.0 Å². The number of aromatic nitrogens is 1. The number of fused-ring (bicyclic) bond motifs is 1. The lowest BCUT2D eigenvalue weighted by atomic mass is 9.99. The highest BCUT2D eigenvalue weighted by Gasteiger charge is 2.22. The standard InChI is InChI=1S/C19H23N3O2/c1-3-24-17-8-7-15-9-11-22(13-16(15)12-17)19(23)21-14(2)18-6-4-5-10-20-18/h4-8,10,12,14H,3,9,11,13H2,1-2H3,(H,21,23)/t14-/m1/s1. The maximum Gasteiger partial charge on any atom is 0.318 e. The number of carbonyl (C=O) groups excluding carboxylic acids is 1.